The van der Waals surface area contributed by atoms with Crippen molar-refractivity contribution in [1.29, 1.82) is 0 Å². The number of fused-ring (bicyclic) bond motifs is 1. The molecule has 0 spiro atoms. The van der Waals surface area contributed by atoms with E-state index in [-0.39, 0.29) is 18.1 Å². The van der Waals surface area contributed by atoms with Gasteiger partial charge in [-0.15, -0.1) is 0 Å². The average molecular weight is 524 g/mol. The van der Waals surface area contributed by atoms with Crippen LogP contribution < -0.4 is 14.8 Å². The van der Waals surface area contributed by atoms with Crippen LogP contribution in [0.25, 0.3) is 6.08 Å². The van der Waals surface area contributed by atoms with Crippen molar-refractivity contribution >= 4 is 29.4 Å². The van der Waals surface area contributed by atoms with E-state index in [0.29, 0.717) is 17.2 Å². The van der Waals surface area contributed by atoms with Gasteiger partial charge in [-0.25, -0.2) is 4.39 Å². The van der Waals surface area contributed by atoms with Crippen LogP contribution in [0.15, 0.2) is 47.8 Å². The molecule has 1 N–H and O–H groups in total. The van der Waals surface area contributed by atoms with Gasteiger partial charge in [0.1, 0.15) is 18.4 Å². The van der Waals surface area contributed by atoms with Gasteiger partial charge in [-0.05, 0) is 36.6 Å². The van der Waals surface area contributed by atoms with Gasteiger partial charge in [0.25, 0.3) is 5.91 Å². The molecule has 2 aromatic rings. The van der Waals surface area contributed by atoms with Gasteiger partial charge >= 0.3 is 5.97 Å². The summed E-state index contributed by atoms with van der Waals surface area (Å²) in [6.45, 7) is 2.21. The number of ether oxygens (including phenoxy) is 2. The Labute approximate surface area is 220 Å². The number of benzene rings is 1. The molecule has 0 radical (unpaired) electrons. The highest BCUT2D eigenvalue weighted by Crippen LogP contribution is 2.36. The molecule has 0 fully saturated rings. The fourth-order valence-corrected chi connectivity index (χ4v) is 4.51. The average Bonchev–Trinajstić information content (AvgIpc) is 3.39. The molecule has 4 rings (SSSR count). The lowest BCUT2D eigenvalue weighted by atomic mass is 9.83. The van der Waals surface area contributed by atoms with E-state index in [2.05, 4.69) is 21.5 Å². The van der Waals surface area contributed by atoms with Crippen LogP contribution in [0.2, 0.25) is 0 Å². The van der Waals surface area contributed by atoms with E-state index >= 15 is 0 Å². The number of ketones is 1. The van der Waals surface area contributed by atoms with Crippen molar-refractivity contribution < 1.29 is 33.1 Å². The van der Waals surface area contributed by atoms with Gasteiger partial charge in [0.2, 0.25) is 5.60 Å². The number of para-hydroxylation sites is 2. The number of allylic oxidation sites excluding steroid dienone is 1. The Balaban J connectivity index is 1.51. The predicted octanol–water partition coefficient (Wildman–Crippen LogP) is 3.59. The Hall–Kier alpha value is -4.08. The number of hydrogen-bond donors (Lipinski definition) is 1. The molecular formula is C28H30FN3O6. The lowest BCUT2D eigenvalue weighted by Gasteiger charge is -2.30. The third kappa shape index (κ3) is 5.44. The largest absolute Gasteiger partial charge is 0.493 e. The minimum absolute atomic E-state index is 0.0932. The van der Waals surface area contributed by atoms with Gasteiger partial charge in [-0.1, -0.05) is 43.3 Å². The summed E-state index contributed by atoms with van der Waals surface area (Å²) >= 11 is 0. The maximum atomic E-state index is 13.6. The number of Topliss-reactive ketones (excluding diaryl/α,β-unsaturated/α-hetero) is 1. The highest BCUT2D eigenvalue weighted by molar-refractivity contribution is 6.07. The van der Waals surface area contributed by atoms with Crippen LogP contribution in [0.1, 0.15) is 49.9 Å². The first-order valence-electron chi connectivity index (χ1n) is 12.4. The van der Waals surface area contributed by atoms with Crippen molar-refractivity contribution in [3.63, 3.8) is 0 Å². The fourth-order valence-electron chi connectivity index (χ4n) is 4.51. The topological polar surface area (TPSA) is 116 Å². The number of rotatable bonds is 10. The number of halogens is 1. The molecule has 1 aliphatic heterocycles. The number of oxime groups is 1. The van der Waals surface area contributed by atoms with Gasteiger partial charge in [-0.3, -0.25) is 19.4 Å². The molecule has 2 heterocycles. The molecule has 2 aliphatic rings. The highest BCUT2D eigenvalue weighted by Gasteiger charge is 2.51. The number of pyridine rings is 1. The van der Waals surface area contributed by atoms with E-state index < -0.39 is 42.4 Å². The number of aromatic nitrogens is 1. The number of alkyl halides is 1. The number of nitrogens with zero attached hydrogens (tertiary/aromatic N) is 2. The Kier molecular flexibility index (Phi) is 8.19. The maximum absolute atomic E-state index is 13.6. The molecule has 200 valence electrons. The van der Waals surface area contributed by atoms with Crippen molar-refractivity contribution in [2.24, 2.45) is 11.1 Å². The molecule has 0 saturated heterocycles. The van der Waals surface area contributed by atoms with E-state index in [1.165, 1.54) is 13.2 Å². The Bertz CT molecular complexity index is 1290. The van der Waals surface area contributed by atoms with Gasteiger partial charge in [0, 0.05) is 24.1 Å². The monoisotopic (exact) mass is 523 g/mol. The second kappa shape index (κ2) is 11.5. The molecular weight excluding hydrogens is 493 g/mol. The van der Waals surface area contributed by atoms with Crippen LogP contribution in [0.3, 0.4) is 0 Å². The molecule has 1 aliphatic carbocycles. The normalized spacial score (nSPS) is 18.7. The highest BCUT2D eigenvalue weighted by atomic mass is 19.1. The third-order valence-electron chi connectivity index (χ3n) is 6.77. The molecule has 1 unspecified atom stereocenters. The number of hydrogen-bond acceptors (Lipinski definition) is 8. The van der Waals surface area contributed by atoms with Crippen molar-refractivity contribution in [1.82, 2.24) is 10.3 Å². The second-order valence-corrected chi connectivity index (χ2v) is 9.48. The van der Waals surface area contributed by atoms with Gasteiger partial charge in [0.15, 0.2) is 17.3 Å². The molecule has 38 heavy (non-hydrogen) atoms. The summed E-state index contributed by atoms with van der Waals surface area (Å²) in [7, 11) is 1.42. The third-order valence-corrected chi connectivity index (χ3v) is 6.77. The molecule has 2 atom stereocenters. The summed E-state index contributed by atoms with van der Waals surface area (Å²) in [4.78, 5) is 48.8. The van der Waals surface area contributed by atoms with Crippen LogP contribution in [-0.4, -0.2) is 53.8 Å². The molecule has 0 bridgehead atoms. The molecule has 1 aromatic carbocycles. The van der Waals surface area contributed by atoms with Gasteiger partial charge < -0.3 is 19.6 Å². The van der Waals surface area contributed by atoms with E-state index in [1.807, 2.05) is 12.1 Å². The van der Waals surface area contributed by atoms with Crippen molar-refractivity contribution in [2.75, 3.05) is 13.8 Å². The van der Waals surface area contributed by atoms with Crippen molar-refractivity contribution in [2.45, 2.75) is 51.2 Å². The molecule has 10 heteroatoms. The van der Waals surface area contributed by atoms with Gasteiger partial charge in [0.05, 0.1) is 19.2 Å². The van der Waals surface area contributed by atoms with Crippen molar-refractivity contribution in [3.05, 3.63) is 59.4 Å². The first-order chi connectivity index (χ1) is 18.3. The standard InChI is InChI=1S/C28H30FN3O6/c1-17(2)28(15-21(32-38-28)26-19-9-5-4-8-18(19)12-13-30-26)27(35)31-20(22(33)16-29)14-25(34)37-24-11-7-6-10-23(24)36-3/h5-7,9-13,17,20H,4,8,14-16H2,1-3H3,(H,31,35)/t20-,28?/m0/s1. The van der Waals surface area contributed by atoms with Crippen LogP contribution in [0, 0.1) is 5.92 Å². The molecule has 0 saturated carbocycles. The second-order valence-electron chi connectivity index (χ2n) is 9.48. The minimum Gasteiger partial charge on any atom is -0.493 e. The molecule has 1 aromatic heterocycles. The summed E-state index contributed by atoms with van der Waals surface area (Å²) in [6.07, 6.45) is 7.08. The van der Waals surface area contributed by atoms with Crippen LogP contribution in [0.5, 0.6) is 11.5 Å². The fraction of sp³-hybridized carbons (Fsp3) is 0.393. The first kappa shape index (κ1) is 27.0. The summed E-state index contributed by atoms with van der Waals surface area (Å²) in [5.41, 5.74) is 1.73. The number of carbonyl (C=O) groups is 3. The van der Waals surface area contributed by atoms with Crippen LogP contribution >= 0.6 is 0 Å². The number of amides is 1. The predicted molar refractivity (Wildman–Crippen MR) is 138 cm³/mol. The zero-order valence-electron chi connectivity index (χ0n) is 21.5. The lowest BCUT2D eigenvalue weighted by molar-refractivity contribution is -0.152. The summed E-state index contributed by atoms with van der Waals surface area (Å²) in [5, 5.41) is 6.73. The maximum Gasteiger partial charge on any atom is 0.313 e. The number of methoxy groups -OCH3 is 1. The summed E-state index contributed by atoms with van der Waals surface area (Å²) in [5.74, 6) is -2.40. The number of nitrogens with one attached hydrogen (secondary N) is 1. The SMILES string of the molecule is COc1ccccc1OC(=O)C[C@H](NC(=O)C1(C(C)C)CC(c2nccc3c2C=CCC3)=NO1)C(=O)CF. The smallest absolute Gasteiger partial charge is 0.313 e. The molecule has 1 amide bonds. The zero-order chi connectivity index (χ0) is 27.3. The van der Waals surface area contributed by atoms with E-state index in [4.69, 9.17) is 14.3 Å². The van der Waals surface area contributed by atoms with Crippen molar-refractivity contribution in [3.8, 4) is 11.5 Å². The minimum atomic E-state index is -1.47. The number of esters is 1. The Morgan fingerprint density at radius 2 is 1.95 bits per heavy atom. The van der Waals surface area contributed by atoms with Crippen LogP contribution in [0.4, 0.5) is 4.39 Å². The summed E-state index contributed by atoms with van der Waals surface area (Å²) in [6, 6.07) is 6.97. The van der Waals surface area contributed by atoms with Crippen LogP contribution in [-0.2, 0) is 25.6 Å². The first-order valence-corrected chi connectivity index (χ1v) is 12.4. The van der Waals surface area contributed by atoms with E-state index in [1.54, 1.807) is 38.2 Å². The van der Waals surface area contributed by atoms with E-state index in [0.717, 1.165) is 24.0 Å². The summed E-state index contributed by atoms with van der Waals surface area (Å²) < 4.78 is 23.9. The van der Waals surface area contributed by atoms with E-state index in [9.17, 15) is 18.8 Å². The van der Waals surface area contributed by atoms with Gasteiger partial charge in [-0.2, -0.15) is 0 Å². The number of aryl methyl sites for hydroxylation is 1. The molecule has 9 nitrogen and oxygen atoms in total. The lowest BCUT2D eigenvalue weighted by Crippen LogP contribution is -2.56. The number of carbonyl (C=O) groups excluding carboxylic acids is 3. The zero-order valence-corrected chi connectivity index (χ0v) is 21.5. The quantitative estimate of drug-likeness (QED) is 0.374. The Morgan fingerprint density at radius 3 is 2.66 bits per heavy atom. The Morgan fingerprint density at radius 1 is 1.18 bits per heavy atom.